The number of likely N-dealkylation sites (tertiary alicyclic amines) is 1. The normalized spacial score (nSPS) is 33.6. The molecule has 0 bridgehead atoms. The van der Waals surface area contributed by atoms with Crippen molar-refractivity contribution in [3.63, 3.8) is 0 Å². The van der Waals surface area contributed by atoms with E-state index >= 15 is 0 Å². The van der Waals surface area contributed by atoms with Gasteiger partial charge in [0.05, 0.1) is 6.23 Å². The molecule has 0 saturated carbocycles. The van der Waals surface area contributed by atoms with Gasteiger partial charge in [-0.3, -0.25) is 4.90 Å². The van der Waals surface area contributed by atoms with Crippen LogP contribution in [0.1, 0.15) is 25.3 Å². The van der Waals surface area contributed by atoms with Crippen LogP contribution >= 0.6 is 0 Å². The molecule has 0 amide bonds. The second-order valence-electron chi connectivity index (χ2n) is 5.67. The first kappa shape index (κ1) is 14.0. The summed E-state index contributed by atoms with van der Waals surface area (Å²) < 4.78 is 36.7. The molecule has 20 heavy (non-hydrogen) atoms. The molecule has 2 aliphatic rings. The third-order valence-corrected chi connectivity index (χ3v) is 4.21. The topological polar surface area (TPSA) is 21.7 Å². The molecule has 1 aromatic carbocycles. The van der Waals surface area contributed by atoms with Gasteiger partial charge in [0.2, 0.25) is 0 Å². The predicted octanol–water partition coefficient (Wildman–Crippen LogP) is 3.03. The lowest BCUT2D eigenvalue weighted by molar-refractivity contribution is -0.166. The van der Waals surface area contributed by atoms with Crippen molar-refractivity contribution < 1.29 is 17.9 Å². The summed E-state index contributed by atoms with van der Waals surface area (Å²) in [4.78, 5) is 2.01. The summed E-state index contributed by atoms with van der Waals surface area (Å²) in [7, 11) is -4.15. The molecule has 2 saturated heterocycles. The van der Waals surface area contributed by atoms with Crippen molar-refractivity contribution in [3.05, 3.63) is 35.9 Å². The molecule has 2 aliphatic heterocycles. The van der Waals surface area contributed by atoms with Crippen molar-refractivity contribution in [1.29, 1.82) is 0 Å². The van der Waals surface area contributed by atoms with Gasteiger partial charge in [0.25, 0.3) is 0 Å². The molecular formula is C14H19BF2NO2-. The van der Waals surface area contributed by atoms with E-state index in [4.69, 9.17) is 9.31 Å². The zero-order valence-electron chi connectivity index (χ0n) is 11.5. The van der Waals surface area contributed by atoms with Gasteiger partial charge in [-0.15, -0.1) is 0 Å². The van der Waals surface area contributed by atoms with Crippen LogP contribution in [0.15, 0.2) is 30.3 Å². The van der Waals surface area contributed by atoms with Gasteiger partial charge in [-0.05, 0) is 25.3 Å². The lowest BCUT2D eigenvalue weighted by Gasteiger charge is -2.53. The number of fused-ring (bicyclic) bond motifs is 1. The average Bonchev–Trinajstić information content (AvgIpc) is 2.40. The Labute approximate surface area is 117 Å². The molecule has 3 nitrogen and oxygen atoms in total. The monoisotopic (exact) mass is 282 g/mol. The molecule has 3 unspecified atom stereocenters. The fourth-order valence-electron chi connectivity index (χ4n) is 3.26. The summed E-state index contributed by atoms with van der Waals surface area (Å²) in [5.74, 6) is 0.0222. The second kappa shape index (κ2) is 5.43. The van der Waals surface area contributed by atoms with Crippen molar-refractivity contribution in [2.24, 2.45) is 5.92 Å². The van der Waals surface area contributed by atoms with Gasteiger partial charge in [-0.25, -0.2) is 0 Å². The van der Waals surface area contributed by atoms with E-state index in [1.807, 2.05) is 35.2 Å². The highest BCUT2D eigenvalue weighted by Crippen LogP contribution is 2.37. The molecule has 110 valence electrons. The van der Waals surface area contributed by atoms with Crippen LogP contribution in [-0.4, -0.2) is 30.9 Å². The molecule has 3 rings (SSSR count). The van der Waals surface area contributed by atoms with Crippen LogP contribution in [0.3, 0.4) is 0 Å². The maximum Gasteiger partial charge on any atom is 0.603 e. The average molecular weight is 282 g/mol. The van der Waals surface area contributed by atoms with Crippen LogP contribution in [0.5, 0.6) is 0 Å². The van der Waals surface area contributed by atoms with Crippen LogP contribution in [0, 0.1) is 5.92 Å². The maximum absolute atomic E-state index is 13.5. The van der Waals surface area contributed by atoms with Crippen LogP contribution in [0.2, 0.25) is 0 Å². The fourth-order valence-corrected chi connectivity index (χ4v) is 3.26. The number of rotatable bonds is 2. The maximum atomic E-state index is 13.5. The van der Waals surface area contributed by atoms with E-state index in [9.17, 15) is 8.63 Å². The summed E-state index contributed by atoms with van der Waals surface area (Å²) in [5, 5.41) is 0. The summed E-state index contributed by atoms with van der Waals surface area (Å²) in [6, 6.07) is 9.89. The summed E-state index contributed by atoms with van der Waals surface area (Å²) in [5.41, 5.74) is 1.12. The second-order valence-corrected chi connectivity index (χ2v) is 5.67. The lowest BCUT2D eigenvalue weighted by Crippen LogP contribution is -2.60. The minimum atomic E-state index is -4.15. The van der Waals surface area contributed by atoms with Gasteiger partial charge >= 0.3 is 7.11 Å². The molecule has 1 aromatic rings. The molecule has 2 fully saturated rings. The number of hydrogen-bond donors (Lipinski definition) is 0. The third kappa shape index (κ3) is 2.87. The van der Waals surface area contributed by atoms with Crippen LogP contribution in [0.4, 0.5) is 8.63 Å². The summed E-state index contributed by atoms with van der Waals surface area (Å²) >= 11 is 0. The molecule has 0 radical (unpaired) electrons. The van der Waals surface area contributed by atoms with Crippen molar-refractivity contribution in [3.8, 4) is 0 Å². The molecule has 6 heteroatoms. The van der Waals surface area contributed by atoms with E-state index in [0.29, 0.717) is 6.54 Å². The van der Waals surface area contributed by atoms with Gasteiger partial charge < -0.3 is 17.9 Å². The molecule has 0 spiro atoms. The van der Waals surface area contributed by atoms with E-state index in [0.717, 1.165) is 24.9 Å². The predicted molar refractivity (Wildman–Crippen MR) is 73.0 cm³/mol. The minimum absolute atomic E-state index is 0.0222. The Bertz CT molecular complexity index is 460. The number of benzene rings is 1. The van der Waals surface area contributed by atoms with Gasteiger partial charge in [0.1, 0.15) is 0 Å². The molecule has 0 aliphatic carbocycles. The van der Waals surface area contributed by atoms with E-state index < -0.39 is 19.4 Å². The molecule has 3 atom stereocenters. The smallest absolute Gasteiger partial charge is 0.509 e. The van der Waals surface area contributed by atoms with Gasteiger partial charge in [0.15, 0.2) is 0 Å². The third-order valence-electron chi connectivity index (χ3n) is 4.21. The number of hydrogen-bond acceptors (Lipinski definition) is 3. The molecule has 2 heterocycles. The van der Waals surface area contributed by atoms with Crippen molar-refractivity contribution in [1.82, 2.24) is 4.90 Å². The molecule has 0 N–H and O–H groups in total. The van der Waals surface area contributed by atoms with Crippen molar-refractivity contribution in [2.75, 3.05) is 6.54 Å². The first-order valence-corrected chi connectivity index (χ1v) is 7.19. The Morgan fingerprint density at radius 1 is 1.25 bits per heavy atom. The SMILES string of the molecule is CC1O[B-](F)(F)OC2C1CCCN2Cc1ccccc1. The zero-order valence-corrected chi connectivity index (χ0v) is 11.5. The number of nitrogens with zero attached hydrogens (tertiary/aromatic N) is 1. The zero-order chi connectivity index (χ0) is 14.2. The Hall–Kier alpha value is -0.975. The van der Waals surface area contributed by atoms with Crippen LogP contribution in [-0.2, 0) is 15.9 Å². The number of piperidine rings is 1. The molecular weight excluding hydrogens is 263 g/mol. The molecule has 0 aromatic heterocycles. The Kier molecular flexibility index (Phi) is 3.79. The van der Waals surface area contributed by atoms with Gasteiger partial charge in [-0.2, -0.15) is 0 Å². The highest BCUT2D eigenvalue weighted by atomic mass is 19.3. The van der Waals surface area contributed by atoms with E-state index in [1.165, 1.54) is 0 Å². The van der Waals surface area contributed by atoms with E-state index in [1.54, 1.807) is 6.92 Å². The standard InChI is InChI=1S/C14H19BF2NO2/c1-11-13-8-5-9-18(10-12-6-3-2-4-7-12)14(13)20-15(16,17)19-11/h2-4,6-7,11,13-14H,5,8-10H2,1H3/q-1. The first-order chi connectivity index (χ1) is 9.55. The fraction of sp³-hybridized carbons (Fsp3) is 0.571. The lowest BCUT2D eigenvalue weighted by atomic mass is 9.87. The van der Waals surface area contributed by atoms with Gasteiger partial charge in [-0.1, -0.05) is 30.3 Å². The Balaban J connectivity index is 1.77. The minimum Gasteiger partial charge on any atom is -0.509 e. The van der Waals surface area contributed by atoms with Crippen molar-refractivity contribution in [2.45, 2.75) is 38.6 Å². The van der Waals surface area contributed by atoms with E-state index in [2.05, 4.69) is 0 Å². The summed E-state index contributed by atoms with van der Waals surface area (Å²) in [6.45, 7) is 3.15. The highest BCUT2D eigenvalue weighted by Gasteiger charge is 2.47. The van der Waals surface area contributed by atoms with Crippen LogP contribution in [0.25, 0.3) is 0 Å². The highest BCUT2D eigenvalue weighted by molar-refractivity contribution is 6.52. The largest absolute Gasteiger partial charge is 0.603 e. The Morgan fingerprint density at radius 3 is 2.75 bits per heavy atom. The first-order valence-electron chi connectivity index (χ1n) is 7.19. The van der Waals surface area contributed by atoms with Gasteiger partial charge in [0, 0.05) is 25.1 Å². The van der Waals surface area contributed by atoms with Crippen LogP contribution < -0.4 is 0 Å². The van der Waals surface area contributed by atoms with E-state index in [-0.39, 0.29) is 5.92 Å². The summed E-state index contributed by atoms with van der Waals surface area (Å²) in [6.07, 6.45) is 0.873. The quantitative estimate of drug-likeness (QED) is 0.778. The Morgan fingerprint density at radius 2 is 2.00 bits per heavy atom. The number of halogens is 2. The van der Waals surface area contributed by atoms with Crippen molar-refractivity contribution >= 4 is 7.11 Å².